The van der Waals surface area contributed by atoms with Crippen LogP contribution in [-0.2, 0) is 9.59 Å². The first-order valence-corrected chi connectivity index (χ1v) is 11.3. The number of nitrogens with zero attached hydrogens (tertiary/aromatic N) is 2. The molecule has 0 radical (unpaired) electrons. The Morgan fingerprint density at radius 1 is 1.23 bits per heavy atom. The fourth-order valence-corrected chi connectivity index (χ4v) is 4.93. The van der Waals surface area contributed by atoms with Gasteiger partial charge in [-0.05, 0) is 64.5 Å². The quantitative estimate of drug-likeness (QED) is 0.566. The molecule has 4 rings (SSSR count). The number of rotatable bonds is 3. The lowest BCUT2D eigenvalue weighted by Gasteiger charge is -2.39. The zero-order valence-electron chi connectivity index (χ0n) is 17.6. The van der Waals surface area contributed by atoms with E-state index in [1.165, 1.54) is 0 Å². The molecule has 0 fully saturated rings. The second kappa shape index (κ2) is 8.32. The number of hydrogen-bond donors (Lipinski definition) is 1. The number of ketones is 1. The zero-order chi connectivity index (χ0) is 22.3. The molecule has 7 heteroatoms. The SMILES string of the molecule is CC1=NC2=C(C(=O)CC(C)(C)C2)[C@@H](c2cccc(Cl)c2)C1C(=O)Nc1ccc(Br)cn1. The summed E-state index contributed by atoms with van der Waals surface area (Å²) in [5, 5.41) is 3.46. The van der Waals surface area contributed by atoms with Gasteiger partial charge in [0.15, 0.2) is 5.78 Å². The van der Waals surface area contributed by atoms with Crippen LogP contribution in [0.4, 0.5) is 5.82 Å². The summed E-state index contributed by atoms with van der Waals surface area (Å²) in [4.78, 5) is 35.7. The smallest absolute Gasteiger partial charge is 0.235 e. The minimum absolute atomic E-state index is 0.0482. The molecule has 31 heavy (non-hydrogen) atoms. The predicted molar refractivity (Wildman–Crippen MR) is 126 cm³/mol. The van der Waals surface area contributed by atoms with Crippen molar-refractivity contribution in [3.63, 3.8) is 0 Å². The number of halogens is 2. The molecule has 5 nitrogen and oxygen atoms in total. The predicted octanol–water partition coefficient (Wildman–Crippen LogP) is 5.95. The minimum atomic E-state index is -0.632. The number of nitrogens with one attached hydrogen (secondary N) is 1. The van der Waals surface area contributed by atoms with Gasteiger partial charge in [-0.1, -0.05) is 37.6 Å². The summed E-state index contributed by atoms with van der Waals surface area (Å²) in [6, 6.07) is 10.9. The summed E-state index contributed by atoms with van der Waals surface area (Å²) in [5.41, 5.74) is 2.79. The summed E-state index contributed by atoms with van der Waals surface area (Å²) in [6.45, 7) is 6.00. The molecule has 0 spiro atoms. The Labute approximate surface area is 195 Å². The second-order valence-corrected chi connectivity index (χ2v) is 10.3. The standard InChI is InChI=1S/C24H23BrClN3O2/c1-13-20(23(31)29-19-8-7-15(25)12-27-19)21(14-5-4-6-16(26)9-14)22-17(28-13)10-24(2,3)11-18(22)30/h4-9,12,20-21H,10-11H2,1-3H3,(H,27,29,31)/t20?,21-/m0/s1. The second-order valence-electron chi connectivity index (χ2n) is 8.92. The Balaban J connectivity index is 1.79. The first-order valence-electron chi connectivity index (χ1n) is 10.1. The average Bonchev–Trinajstić information content (AvgIpc) is 2.67. The molecule has 1 N–H and O–H groups in total. The van der Waals surface area contributed by atoms with E-state index in [1.807, 2.05) is 31.2 Å². The van der Waals surface area contributed by atoms with Gasteiger partial charge in [-0.2, -0.15) is 0 Å². The van der Waals surface area contributed by atoms with Crippen molar-refractivity contribution in [2.24, 2.45) is 16.3 Å². The molecule has 2 heterocycles. The fraction of sp³-hybridized carbons (Fsp3) is 0.333. The van der Waals surface area contributed by atoms with Gasteiger partial charge in [0.1, 0.15) is 5.82 Å². The van der Waals surface area contributed by atoms with Crippen LogP contribution in [-0.4, -0.2) is 22.4 Å². The zero-order valence-corrected chi connectivity index (χ0v) is 19.9. The van der Waals surface area contributed by atoms with E-state index in [4.69, 9.17) is 16.6 Å². The summed E-state index contributed by atoms with van der Waals surface area (Å²) in [7, 11) is 0. The minimum Gasteiger partial charge on any atom is -0.310 e. The van der Waals surface area contributed by atoms with Crippen LogP contribution in [0, 0.1) is 11.3 Å². The van der Waals surface area contributed by atoms with Crippen molar-refractivity contribution < 1.29 is 9.59 Å². The Morgan fingerprint density at radius 2 is 2.00 bits per heavy atom. The van der Waals surface area contributed by atoms with Gasteiger partial charge in [0.2, 0.25) is 5.91 Å². The third-order valence-electron chi connectivity index (χ3n) is 5.77. The number of aromatic nitrogens is 1. The van der Waals surface area contributed by atoms with E-state index in [9.17, 15) is 9.59 Å². The molecule has 2 aliphatic rings. The van der Waals surface area contributed by atoms with Crippen molar-refractivity contribution in [3.8, 4) is 0 Å². The van der Waals surface area contributed by atoms with Crippen molar-refractivity contribution in [3.05, 3.63) is 68.9 Å². The van der Waals surface area contributed by atoms with Crippen molar-refractivity contribution in [2.45, 2.75) is 39.5 Å². The van der Waals surface area contributed by atoms with Gasteiger partial charge in [-0.3, -0.25) is 14.6 Å². The molecule has 160 valence electrons. The number of hydrogen-bond acceptors (Lipinski definition) is 4. The van der Waals surface area contributed by atoms with Crippen LogP contribution in [0.15, 0.2) is 63.3 Å². The highest BCUT2D eigenvalue weighted by Crippen LogP contribution is 2.48. The van der Waals surface area contributed by atoms with Crippen LogP contribution in [0.25, 0.3) is 0 Å². The highest BCUT2D eigenvalue weighted by molar-refractivity contribution is 9.10. The van der Waals surface area contributed by atoms with Crippen LogP contribution in [0.3, 0.4) is 0 Å². The third-order valence-corrected chi connectivity index (χ3v) is 6.48. The largest absolute Gasteiger partial charge is 0.310 e. The van der Waals surface area contributed by atoms with Crippen LogP contribution in [0.5, 0.6) is 0 Å². The normalized spacial score (nSPS) is 22.6. The molecule has 1 aliphatic carbocycles. The number of pyridine rings is 1. The summed E-state index contributed by atoms with van der Waals surface area (Å²) in [5.74, 6) is -0.822. The molecule has 1 aromatic heterocycles. The van der Waals surface area contributed by atoms with E-state index in [0.717, 1.165) is 15.7 Å². The van der Waals surface area contributed by atoms with E-state index >= 15 is 0 Å². The van der Waals surface area contributed by atoms with E-state index in [2.05, 4.69) is 40.1 Å². The van der Waals surface area contributed by atoms with Crippen molar-refractivity contribution in [1.82, 2.24) is 4.98 Å². The number of benzene rings is 1. The lowest BCUT2D eigenvalue weighted by Crippen LogP contribution is -2.41. The molecule has 0 saturated heterocycles. The first-order chi connectivity index (χ1) is 14.6. The molecule has 1 aromatic carbocycles. The third kappa shape index (κ3) is 4.51. The molecule has 2 atom stereocenters. The number of carbonyl (C=O) groups excluding carboxylic acids is 2. The van der Waals surface area contributed by atoms with E-state index < -0.39 is 11.8 Å². The average molecular weight is 501 g/mol. The Hall–Kier alpha value is -2.31. The topological polar surface area (TPSA) is 71.4 Å². The number of aliphatic imine (C=N–C) groups is 1. The number of allylic oxidation sites excluding steroid dienone is 2. The van der Waals surface area contributed by atoms with Crippen LogP contribution < -0.4 is 5.32 Å². The van der Waals surface area contributed by atoms with Crippen molar-refractivity contribution >= 4 is 50.8 Å². The van der Waals surface area contributed by atoms with Crippen molar-refractivity contribution in [1.29, 1.82) is 0 Å². The van der Waals surface area contributed by atoms with Gasteiger partial charge in [-0.15, -0.1) is 0 Å². The lowest BCUT2D eigenvalue weighted by atomic mass is 9.66. The highest BCUT2D eigenvalue weighted by atomic mass is 79.9. The van der Waals surface area contributed by atoms with E-state index in [-0.39, 0.29) is 17.1 Å². The first kappa shape index (κ1) is 21.9. The Kier molecular flexibility index (Phi) is 5.88. The molecular formula is C24H23BrClN3O2. The van der Waals surface area contributed by atoms with Crippen LogP contribution in [0.1, 0.15) is 45.1 Å². The Bertz CT molecular complexity index is 1120. The van der Waals surface area contributed by atoms with Gasteiger partial charge < -0.3 is 5.32 Å². The molecule has 0 saturated carbocycles. The van der Waals surface area contributed by atoms with Crippen LogP contribution >= 0.6 is 27.5 Å². The molecular weight excluding hydrogens is 478 g/mol. The monoisotopic (exact) mass is 499 g/mol. The van der Waals surface area contributed by atoms with E-state index in [1.54, 1.807) is 18.3 Å². The van der Waals surface area contributed by atoms with Crippen LogP contribution in [0.2, 0.25) is 5.02 Å². The maximum atomic E-state index is 13.4. The summed E-state index contributed by atoms with van der Waals surface area (Å²) in [6.07, 6.45) is 2.75. The fourth-order valence-electron chi connectivity index (χ4n) is 4.50. The highest BCUT2D eigenvalue weighted by Gasteiger charge is 2.45. The van der Waals surface area contributed by atoms with Gasteiger partial charge in [-0.25, -0.2) is 4.98 Å². The molecule has 0 bridgehead atoms. The lowest BCUT2D eigenvalue weighted by molar-refractivity contribution is -0.119. The molecule has 1 aliphatic heterocycles. The maximum absolute atomic E-state index is 13.4. The maximum Gasteiger partial charge on any atom is 0.235 e. The van der Waals surface area contributed by atoms with Crippen molar-refractivity contribution in [2.75, 3.05) is 5.32 Å². The number of carbonyl (C=O) groups is 2. The molecule has 2 aromatic rings. The van der Waals surface area contributed by atoms with E-state index in [0.29, 0.717) is 35.0 Å². The summed E-state index contributed by atoms with van der Waals surface area (Å²) < 4.78 is 0.822. The van der Waals surface area contributed by atoms with Gasteiger partial charge in [0.25, 0.3) is 0 Å². The van der Waals surface area contributed by atoms with Gasteiger partial charge in [0.05, 0.1) is 5.92 Å². The summed E-state index contributed by atoms with van der Waals surface area (Å²) >= 11 is 9.63. The molecule has 1 unspecified atom stereocenters. The molecule has 1 amide bonds. The number of anilines is 1. The van der Waals surface area contributed by atoms with Gasteiger partial charge >= 0.3 is 0 Å². The number of amides is 1. The number of Topliss-reactive ketones (excluding diaryl/α,β-unsaturated/α-hetero) is 1. The van der Waals surface area contributed by atoms with Gasteiger partial charge in [0, 0.05) is 45.0 Å². The Morgan fingerprint density at radius 3 is 2.68 bits per heavy atom.